The van der Waals surface area contributed by atoms with Crippen molar-refractivity contribution in [1.82, 2.24) is 5.32 Å². The second kappa shape index (κ2) is 5.90. The zero-order valence-electron chi connectivity index (χ0n) is 10.2. The topological polar surface area (TPSA) is 62.1 Å². The molecule has 0 unspecified atom stereocenters. The highest BCUT2D eigenvalue weighted by molar-refractivity contribution is 5.97. The monoisotopic (exact) mass is 232 g/mol. The fraction of sp³-hybridized carbons (Fsp3) is 0.385. The van der Waals surface area contributed by atoms with Gasteiger partial charge in [-0.15, -0.1) is 0 Å². The van der Waals surface area contributed by atoms with E-state index in [1.54, 1.807) is 25.1 Å². The molecule has 0 heterocycles. The van der Waals surface area contributed by atoms with Gasteiger partial charge in [-0.25, -0.2) is 0 Å². The van der Waals surface area contributed by atoms with Crippen molar-refractivity contribution in [1.29, 1.82) is 5.26 Å². The molecule has 0 bridgehead atoms. The van der Waals surface area contributed by atoms with E-state index in [0.717, 1.165) is 0 Å². The van der Waals surface area contributed by atoms with Crippen molar-refractivity contribution >= 4 is 5.91 Å². The Morgan fingerprint density at radius 2 is 2.00 bits per heavy atom. The molecule has 1 amide bonds. The highest BCUT2D eigenvalue weighted by Crippen LogP contribution is 2.19. The van der Waals surface area contributed by atoms with Gasteiger partial charge in [-0.2, -0.15) is 5.26 Å². The van der Waals surface area contributed by atoms with Crippen molar-refractivity contribution in [3.63, 3.8) is 0 Å². The van der Waals surface area contributed by atoms with Gasteiger partial charge < -0.3 is 10.1 Å². The van der Waals surface area contributed by atoms with Crippen LogP contribution in [-0.2, 0) is 0 Å². The summed E-state index contributed by atoms with van der Waals surface area (Å²) in [4.78, 5) is 11.9. The first kappa shape index (κ1) is 13.0. The van der Waals surface area contributed by atoms with Gasteiger partial charge in [0.2, 0.25) is 0 Å². The molecule has 90 valence electrons. The molecule has 0 radical (unpaired) electrons. The lowest BCUT2D eigenvalue weighted by atomic mass is 10.1. The minimum atomic E-state index is -0.519. The maximum absolute atomic E-state index is 11.9. The first-order chi connectivity index (χ1) is 8.04. The Hall–Kier alpha value is -2.02. The van der Waals surface area contributed by atoms with E-state index in [0.29, 0.717) is 11.3 Å². The highest BCUT2D eigenvalue weighted by Gasteiger charge is 2.14. The number of nitrogens with one attached hydrogen (secondary N) is 1. The molecule has 0 saturated heterocycles. The number of benzene rings is 1. The molecule has 0 fully saturated rings. The van der Waals surface area contributed by atoms with Crippen LogP contribution in [0.4, 0.5) is 0 Å². The van der Waals surface area contributed by atoms with Crippen LogP contribution in [0.5, 0.6) is 5.75 Å². The first-order valence-corrected chi connectivity index (χ1v) is 5.50. The van der Waals surface area contributed by atoms with E-state index in [2.05, 4.69) is 5.32 Å². The number of carbonyl (C=O) groups excluding carboxylic acids is 1. The number of carbonyl (C=O) groups is 1. The molecular formula is C13H16N2O2. The second-order valence-electron chi connectivity index (χ2n) is 3.99. The summed E-state index contributed by atoms with van der Waals surface area (Å²) >= 11 is 0. The lowest BCUT2D eigenvalue weighted by Gasteiger charge is -2.14. The van der Waals surface area contributed by atoms with Crippen molar-refractivity contribution in [2.75, 3.05) is 0 Å². The maximum atomic E-state index is 11.9. The first-order valence-electron chi connectivity index (χ1n) is 5.50. The Labute approximate surface area is 101 Å². The number of nitrogens with zero attached hydrogens (tertiary/aromatic N) is 1. The molecule has 0 spiro atoms. The number of amides is 1. The lowest BCUT2D eigenvalue weighted by molar-refractivity contribution is 0.0942. The Morgan fingerprint density at radius 1 is 1.35 bits per heavy atom. The molecule has 0 aliphatic carbocycles. The molecule has 0 aromatic heterocycles. The van der Waals surface area contributed by atoms with Crippen LogP contribution in [0.1, 0.15) is 31.1 Å². The van der Waals surface area contributed by atoms with Gasteiger partial charge in [-0.05, 0) is 32.9 Å². The lowest BCUT2D eigenvalue weighted by Crippen LogP contribution is -2.31. The van der Waals surface area contributed by atoms with Gasteiger partial charge >= 0.3 is 0 Å². The quantitative estimate of drug-likeness (QED) is 0.864. The number of para-hydroxylation sites is 1. The molecule has 0 aliphatic heterocycles. The van der Waals surface area contributed by atoms with E-state index in [1.165, 1.54) is 0 Å². The number of ether oxygens (including phenoxy) is 1. The molecule has 1 N–H and O–H groups in total. The predicted octanol–water partition coefficient (Wildman–Crippen LogP) is 2.12. The predicted molar refractivity (Wildman–Crippen MR) is 64.7 cm³/mol. The van der Waals surface area contributed by atoms with E-state index in [4.69, 9.17) is 10.00 Å². The van der Waals surface area contributed by atoms with Gasteiger partial charge in [0, 0.05) is 0 Å². The van der Waals surface area contributed by atoms with Crippen LogP contribution >= 0.6 is 0 Å². The molecule has 1 rings (SSSR count). The minimum absolute atomic E-state index is 0.00246. The number of hydrogen-bond donors (Lipinski definition) is 1. The Morgan fingerprint density at radius 3 is 2.59 bits per heavy atom. The van der Waals surface area contributed by atoms with Gasteiger partial charge in [0.1, 0.15) is 11.8 Å². The van der Waals surface area contributed by atoms with Crippen LogP contribution in [0.25, 0.3) is 0 Å². The van der Waals surface area contributed by atoms with Crippen molar-refractivity contribution < 1.29 is 9.53 Å². The summed E-state index contributed by atoms with van der Waals surface area (Å²) in [5.41, 5.74) is 0.447. The average Bonchev–Trinajstić information content (AvgIpc) is 2.28. The molecule has 0 saturated carbocycles. The van der Waals surface area contributed by atoms with E-state index < -0.39 is 6.04 Å². The molecule has 1 atom stereocenters. The van der Waals surface area contributed by atoms with Crippen LogP contribution in [0.2, 0.25) is 0 Å². The van der Waals surface area contributed by atoms with Crippen LogP contribution in [0.3, 0.4) is 0 Å². The fourth-order valence-electron chi connectivity index (χ4n) is 1.32. The molecule has 4 heteroatoms. The smallest absolute Gasteiger partial charge is 0.256 e. The zero-order valence-corrected chi connectivity index (χ0v) is 10.2. The summed E-state index contributed by atoms with van der Waals surface area (Å²) in [6.07, 6.45) is -0.00246. The minimum Gasteiger partial charge on any atom is -0.490 e. The third kappa shape index (κ3) is 3.80. The molecule has 0 aliphatic rings. The van der Waals surface area contributed by atoms with Crippen molar-refractivity contribution in [2.24, 2.45) is 0 Å². The van der Waals surface area contributed by atoms with E-state index in [9.17, 15) is 4.79 Å². The molecule has 17 heavy (non-hydrogen) atoms. The van der Waals surface area contributed by atoms with Crippen molar-refractivity contribution in [2.45, 2.75) is 32.9 Å². The van der Waals surface area contributed by atoms with E-state index in [-0.39, 0.29) is 12.0 Å². The SMILES string of the molecule is CC(C)Oc1ccccc1C(=O)N[C@H](C)C#N. The third-order valence-electron chi connectivity index (χ3n) is 2.04. The van der Waals surface area contributed by atoms with Crippen LogP contribution in [0, 0.1) is 11.3 Å². The summed E-state index contributed by atoms with van der Waals surface area (Å²) in [7, 11) is 0. The second-order valence-corrected chi connectivity index (χ2v) is 3.99. The highest BCUT2D eigenvalue weighted by atomic mass is 16.5. The van der Waals surface area contributed by atoms with Gasteiger partial charge in [-0.1, -0.05) is 12.1 Å². The normalized spacial score (nSPS) is 11.7. The van der Waals surface area contributed by atoms with E-state index in [1.807, 2.05) is 26.0 Å². The number of hydrogen-bond acceptors (Lipinski definition) is 3. The van der Waals surface area contributed by atoms with Crippen LogP contribution < -0.4 is 10.1 Å². The van der Waals surface area contributed by atoms with E-state index >= 15 is 0 Å². The molecule has 1 aromatic rings. The third-order valence-corrected chi connectivity index (χ3v) is 2.04. The maximum Gasteiger partial charge on any atom is 0.256 e. The van der Waals surface area contributed by atoms with Gasteiger partial charge in [0.05, 0.1) is 17.7 Å². The van der Waals surface area contributed by atoms with Crippen LogP contribution in [-0.4, -0.2) is 18.1 Å². The number of rotatable bonds is 4. The summed E-state index contributed by atoms with van der Waals surface area (Å²) in [6.45, 7) is 5.42. The summed E-state index contributed by atoms with van der Waals surface area (Å²) in [5, 5.41) is 11.2. The Bertz CT molecular complexity index is 435. The number of nitriles is 1. The van der Waals surface area contributed by atoms with Crippen molar-refractivity contribution in [3.05, 3.63) is 29.8 Å². The molecular weight excluding hydrogens is 216 g/mol. The fourth-order valence-corrected chi connectivity index (χ4v) is 1.32. The Balaban J connectivity index is 2.89. The van der Waals surface area contributed by atoms with Crippen LogP contribution in [0.15, 0.2) is 24.3 Å². The van der Waals surface area contributed by atoms with Gasteiger partial charge in [-0.3, -0.25) is 4.79 Å². The molecule has 4 nitrogen and oxygen atoms in total. The summed E-state index contributed by atoms with van der Waals surface area (Å²) in [6, 6.07) is 8.42. The average molecular weight is 232 g/mol. The summed E-state index contributed by atoms with van der Waals surface area (Å²) in [5.74, 6) is 0.237. The molecule has 1 aromatic carbocycles. The Kier molecular flexibility index (Phi) is 4.53. The standard InChI is InChI=1S/C13H16N2O2/c1-9(2)17-12-7-5-4-6-11(12)13(16)15-10(3)8-14/h4-7,9-10H,1-3H3,(H,15,16)/t10-/m1/s1. The van der Waals surface area contributed by atoms with Gasteiger partial charge in [0.25, 0.3) is 5.91 Å². The largest absolute Gasteiger partial charge is 0.490 e. The van der Waals surface area contributed by atoms with Crippen molar-refractivity contribution in [3.8, 4) is 11.8 Å². The summed E-state index contributed by atoms with van der Waals surface area (Å²) < 4.78 is 5.54. The zero-order chi connectivity index (χ0) is 12.8. The van der Waals surface area contributed by atoms with Gasteiger partial charge in [0.15, 0.2) is 0 Å².